The monoisotopic (exact) mass is 370 g/mol. The van der Waals surface area contributed by atoms with Gasteiger partial charge in [0, 0.05) is 0 Å². The highest BCUT2D eigenvalue weighted by molar-refractivity contribution is 5.42. The molecule has 6 atom stereocenters. The van der Waals surface area contributed by atoms with Crippen LogP contribution in [0.3, 0.4) is 0 Å². The summed E-state index contributed by atoms with van der Waals surface area (Å²) in [5.74, 6) is 2.28. The van der Waals surface area contributed by atoms with Crippen LogP contribution >= 0.6 is 0 Å². The average molecular weight is 371 g/mol. The Kier molecular flexibility index (Phi) is 5.08. The highest BCUT2D eigenvalue weighted by Gasteiger charge is 2.62. The molecule has 0 amide bonds. The lowest BCUT2D eigenvalue weighted by atomic mass is 9.44. The van der Waals surface area contributed by atoms with Gasteiger partial charge in [-0.1, -0.05) is 52.5 Å². The first-order chi connectivity index (χ1) is 12.9. The highest BCUT2D eigenvalue weighted by atomic mass is 16.3. The van der Waals surface area contributed by atoms with Gasteiger partial charge in [0.15, 0.2) is 0 Å². The minimum atomic E-state index is -0.125. The van der Waals surface area contributed by atoms with Crippen LogP contribution in [0.2, 0.25) is 0 Å². The molecule has 27 heavy (non-hydrogen) atoms. The normalized spacial score (nSPS) is 40.3. The summed E-state index contributed by atoms with van der Waals surface area (Å²) >= 11 is 0. The number of hydrogen-bond acceptors (Lipinski definition) is 2. The fourth-order valence-electron chi connectivity index (χ4n) is 7.57. The molecule has 0 radical (unpaired) electrons. The number of phenols is 1. The lowest BCUT2D eigenvalue weighted by Crippen LogP contribution is -2.53. The molecule has 2 saturated carbocycles. The molecule has 0 aromatic heterocycles. The second-order valence-corrected chi connectivity index (χ2v) is 10.3. The van der Waals surface area contributed by atoms with E-state index in [0.717, 1.165) is 12.8 Å². The lowest BCUT2D eigenvalue weighted by molar-refractivity contribution is -0.0948. The molecular weight excluding hydrogens is 332 g/mol. The standard InChI is InChI=1S/C25H38O2/c1-4-5-6-7-8-18-16-25(3)21(11-12-22(25)27)24(2)14-13-17-15-19(26)9-10-20(17)23(18)24/h9-10,15,18,21-23,26-27H,4-8,11-14,16H2,1-3H3. The van der Waals surface area contributed by atoms with E-state index in [-0.39, 0.29) is 16.9 Å². The van der Waals surface area contributed by atoms with Gasteiger partial charge >= 0.3 is 0 Å². The van der Waals surface area contributed by atoms with Crippen molar-refractivity contribution in [2.75, 3.05) is 0 Å². The molecule has 2 N–H and O–H groups in total. The van der Waals surface area contributed by atoms with Crippen LogP contribution in [0.15, 0.2) is 18.2 Å². The quantitative estimate of drug-likeness (QED) is 0.606. The molecule has 150 valence electrons. The second-order valence-electron chi connectivity index (χ2n) is 10.3. The zero-order valence-corrected chi connectivity index (χ0v) is 17.5. The summed E-state index contributed by atoms with van der Waals surface area (Å²) in [7, 11) is 0. The van der Waals surface area contributed by atoms with Gasteiger partial charge in [-0.25, -0.2) is 0 Å². The van der Waals surface area contributed by atoms with Gasteiger partial charge in [-0.3, -0.25) is 0 Å². The summed E-state index contributed by atoms with van der Waals surface area (Å²) in [6.45, 7) is 7.21. The molecule has 2 fully saturated rings. The van der Waals surface area contributed by atoms with Crippen LogP contribution in [-0.4, -0.2) is 16.3 Å². The molecule has 0 heterocycles. The molecule has 0 saturated heterocycles. The number of aliphatic hydroxyl groups excluding tert-OH is 1. The number of fused-ring (bicyclic) bond motifs is 5. The number of unbranched alkanes of at least 4 members (excludes halogenated alkanes) is 3. The molecule has 1 aromatic carbocycles. The van der Waals surface area contributed by atoms with Crippen molar-refractivity contribution in [2.45, 2.75) is 97.0 Å². The van der Waals surface area contributed by atoms with E-state index in [1.165, 1.54) is 62.5 Å². The van der Waals surface area contributed by atoms with Crippen LogP contribution in [0.4, 0.5) is 0 Å². The fourth-order valence-corrected chi connectivity index (χ4v) is 7.57. The Bertz CT molecular complexity index is 683. The van der Waals surface area contributed by atoms with E-state index >= 15 is 0 Å². The predicted molar refractivity (Wildman–Crippen MR) is 111 cm³/mol. The number of benzene rings is 1. The van der Waals surface area contributed by atoms with Crippen molar-refractivity contribution >= 4 is 0 Å². The molecule has 2 heteroatoms. The van der Waals surface area contributed by atoms with Gasteiger partial charge in [0.2, 0.25) is 0 Å². The zero-order valence-electron chi connectivity index (χ0n) is 17.5. The number of aliphatic hydroxyl groups is 1. The van der Waals surface area contributed by atoms with Crippen molar-refractivity contribution in [3.63, 3.8) is 0 Å². The molecule has 1 aromatic rings. The number of aryl methyl sites for hydroxylation is 1. The minimum absolute atomic E-state index is 0.0924. The minimum Gasteiger partial charge on any atom is -0.508 e. The zero-order chi connectivity index (χ0) is 19.2. The maximum absolute atomic E-state index is 10.9. The summed E-state index contributed by atoms with van der Waals surface area (Å²) < 4.78 is 0. The first-order valence-corrected chi connectivity index (χ1v) is 11.4. The van der Waals surface area contributed by atoms with Gasteiger partial charge in [0.1, 0.15) is 5.75 Å². The Morgan fingerprint density at radius 1 is 1.07 bits per heavy atom. The Hall–Kier alpha value is -1.02. The maximum atomic E-state index is 10.9. The number of rotatable bonds is 5. The van der Waals surface area contributed by atoms with Gasteiger partial charge in [-0.05, 0) is 90.4 Å². The Balaban J connectivity index is 1.71. The van der Waals surface area contributed by atoms with Gasteiger partial charge in [0.05, 0.1) is 6.10 Å². The molecule has 2 nitrogen and oxygen atoms in total. The van der Waals surface area contributed by atoms with E-state index in [0.29, 0.717) is 23.5 Å². The number of phenolic OH excluding ortho intramolecular Hbond substituents is 1. The first-order valence-electron chi connectivity index (χ1n) is 11.4. The molecule has 0 aliphatic heterocycles. The van der Waals surface area contributed by atoms with Crippen molar-refractivity contribution in [1.82, 2.24) is 0 Å². The van der Waals surface area contributed by atoms with Crippen molar-refractivity contribution in [3.8, 4) is 5.75 Å². The lowest BCUT2D eigenvalue weighted by Gasteiger charge is -2.60. The van der Waals surface area contributed by atoms with Gasteiger partial charge in [0.25, 0.3) is 0 Å². The number of hydrogen-bond donors (Lipinski definition) is 2. The third kappa shape index (κ3) is 3.03. The van der Waals surface area contributed by atoms with Crippen LogP contribution < -0.4 is 0 Å². The average Bonchev–Trinajstić information content (AvgIpc) is 2.94. The van der Waals surface area contributed by atoms with Crippen LogP contribution in [0, 0.1) is 22.7 Å². The van der Waals surface area contributed by atoms with E-state index < -0.39 is 0 Å². The second kappa shape index (κ2) is 7.10. The molecule has 3 aliphatic carbocycles. The van der Waals surface area contributed by atoms with Crippen molar-refractivity contribution < 1.29 is 10.2 Å². The Morgan fingerprint density at radius 2 is 1.89 bits per heavy atom. The van der Waals surface area contributed by atoms with Crippen molar-refractivity contribution in [1.29, 1.82) is 0 Å². The largest absolute Gasteiger partial charge is 0.508 e. The third-order valence-electron chi connectivity index (χ3n) is 8.79. The topological polar surface area (TPSA) is 40.5 Å². The van der Waals surface area contributed by atoms with Crippen LogP contribution in [0.1, 0.15) is 95.6 Å². The van der Waals surface area contributed by atoms with Gasteiger partial charge in [-0.2, -0.15) is 0 Å². The summed E-state index contributed by atoms with van der Waals surface area (Å²) in [6.07, 6.45) is 12.0. The Morgan fingerprint density at radius 3 is 2.67 bits per heavy atom. The maximum Gasteiger partial charge on any atom is 0.115 e. The third-order valence-corrected chi connectivity index (χ3v) is 8.79. The van der Waals surface area contributed by atoms with E-state index in [2.05, 4.69) is 26.8 Å². The van der Waals surface area contributed by atoms with Crippen LogP contribution in [-0.2, 0) is 6.42 Å². The van der Waals surface area contributed by atoms with E-state index in [9.17, 15) is 10.2 Å². The SMILES string of the molecule is CCCCCCC1CC2(C)C(O)CCC2C2(C)CCc3cc(O)ccc3C12. The number of aromatic hydroxyl groups is 1. The van der Waals surface area contributed by atoms with Crippen molar-refractivity contribution in [2.24, 2.45) is 22.7 Å². The molecular formula is C25H38O2. The molecule has 0 bridgehead atoms. The van der Waals surface area contributed by atoms with E-state index in [1.54, 1.807) is 0 Å². The Labute approximate surface area is 165 Å². The molecule has 4 rings (SSSR count). The van der Waals surface area contributed by atoms with Gasteiger partial charge in [-0.15, -0.1) is 0 Å². The molecule has 3 aliphatic rings. The van der Waals surface area contributed by atoms with Crippen LogP contribution in [0.25, 0.3) is 0 Å². The summed E-state index contributed by atoms with van der Waals surface area (Å²) in [5, 5.41) is 20.9. The van der Waals surface area contributed by atoms with Crippen LogP contribution in [0.5, 0.6) is 5.75 Å². The molecule has 0 spiro atoms. The fraction of sp³-hybridized carbons (Fsp3) is 0.760. The van der Waals surface area contributed by atoms with Gasteiger partial charge < -0.3 is 10.2 Å². The van der Waals surface area contributed by atoms with E-state index in [4.69, 9.17) is 0 Å². The summed E-state index contributed by atoms with van der Waals surface area (Å²) in [6, 6.07) is 6.14. The van der Waals surface area contributed by atoms with E-state index in [1.807, 2.05) is 12.1 Å². The highest BCUT2D eigenvalue weighted by Crippen LogP contribution is 2.69. The first kappa shape index (κ1) is 19.3. The predicted octanol–water partition coefficient (Wildman–Crippen LogP) is 6.20. The smallest absolute Gasteiger partial charge is 0.115 e. The van der Waals surface area contributed by atoms with Crippen molar-refractivity contribution in [3.05, 3.63) is 29.3 Å². The molecule has 6 unspecified atom stereocenters. The summed E-state index contributed by atoms with van der Waals surface area (Å²) in [4.78, 5) is 0. The summed E-state index contributed by atoms with van der Waals surface area (Å²) in [5.41, 5.74) is 3.25.